The number of hydrogen-bond donors (Lipinski definition) is 0. The molecule has 0 spiro atoms. The molecule has 0 fully saturated rings. The summed E-state index contributed by atoms with van der Waals surface area (Å²) in [4.78, 5) is 17.5. The van der Waals surface area contributed by atoms with Crippen molar-refractivity contribution in [1.82, 2.24) is 0 Å². The lowest BCUT2D eigenvalue weighted by atomic mass is 10.2. The van der Waals surface area contributed by atoms with Crippen molar-refractivity contribution in [2.75, 3.05) is 0 Å². The molecule has 0 bridgehead atoms. The Labute approximate surface area is 175 Å². The number of aliphatic imine (C=N–C) groups is 1. The number of para-hydroxylation sites is 1. The first-order valence-electron chi connectivity index (χ1n) is 8.40. The standard InChI is InChI=1S/C22H13Cl2NO2S/c23-15-9-11-16(12-10-15)25-13-14-5-1-3-7-18(14)27-22(26)21-20(24)17-6-2-4-8-19(17)28-21/h1-13H. The van der Waals surface area contributed by atoms with Crippen molar-refractivity contribution < 1.29 is 9.53 Å². The molecule has 3 nitrogen and oxygen atoms in total. The summed E-state index contributed by atoms with van der Waals surface area (Å²) in [6, 6.07) is 22.0. The van der Waals surface area contributed by atoms with Crippen LogP contribution in [0.5, 0.6) is 5.75 Å². The number of halogens is 2. The van der Waals surface area contributed by atoms with Crippen LogP contribution >= 0.6 is 34.5 Å². The predicted molar refractivity (Wildman–Crippen MR) is 117 cm³/mol. The van der Waals surface area contributed by atoms with Gasteiger partial charge in [0.25, 0.3) is 0 Å². The van der Waals surface area contributed by atoms with Crippen LogP contribution in [0.2, 0.25) is 10.0 Å². The molecule has 1 aromatic heterocycles. The summed E-state index contributed by atoms with van der Waals surface area (Å²) in [5, 5.41) is 1.91. The molecule has 0 saturated carbocycles. The summed E-state index contributed by atoms with van der Waals surface area (Å²) in [5.74, 6) is -0.0720. The van der Waals surface area contributed by atoms with Crippen LogP contribution < -0.4 is 4.74 Å². The maximum atomic E-state index is 12.7. The Morgan fingerprint density at radius 2 is 1.64 bits per heavy atom. The van der Waals surface area contributed by atoms with E-state index in [1.165, 1.54) is 11.3 Å². The average Bonchev–Trinajstić information content (AvgIpc) is 3.06. The predicted octanol–water partition coefficient (Wildman–Crippen LogP) is 7.18. The molecule has 0 N–H and O–H groups in total. The molecule has 1 heterocycles. The van der Waals surface area contributed by atoms with Crippen molar-refractivity contribution in [2.24, 2.45) is 4.99 Å². The maximum Gasteiger partial charge on any atom is 0.355 e. The van der Waals surface area contributed by atoms with E-state index in [0.717, 1.165) is 15.8 Å². The number of fused-ring (bicyclic) bond motifs is 1. The van der Waals surface area contributed by atoms with Gasteiger partial charge in [0.05, 0.1) is 10.7 Å². The molecule has 3 aromatic carbocycles. The van der Waals surface area contributed by atoms with Gasteiger partial charge in [0, 0.05) is 26.9 Å². The largest absolute Gasteiger partial charge is 0.422 e. The van der Waals surface area contributed by atoms with Gasteiger partial charge in [-0.25, -0.2) is 4.79 Å². The molecular weight excluding hydrogens is 413 g/mol. The van der Waals surface area contributed by atoms with Gasteiger partial charge in [0.2, 0.25) is 0 Å². The van der Waals surface area contributed by atoms with E-state index in [4.69, 9.17) is 27.9 Å². The number of hydrogen-bond acceptors (Lipinski definition) is 4. The molecule has 0 atom stereocenters. The minimum absolute atomic E-state index is 0.382. The monoisotopic (exact) mass is 425 g/mol. The van der Waals surface area contributed by atoms with Gasteiger partial charge in [-0.15, -0.1) is 11.3 Å². The second-order valence-corrected chi connectivity index (χ2v) is 7.77. The van der Waals surface area contributed by atoms with E-state index in [9.17, 15) is 4.79 Å². The average molecular weight is 426 g/mol. The highest BCUT2D eigenvalue weighted by Crippen LogP contribution is 2.36. The first kappa shape index (κ1) is 18.7. The van der Waals surface area contributed by atoms with Crippen molar-refractivity contribution in [3.63, 3.8) is 0 Å². The molecule has 4 rings (SSSR count). The lowest BCUT2D eigenvalue weighted by Crippen LogP contribution is -2.08. The molecule has 0 aliphatic carbocycles. The first-order chi connectivity index (χ1) is 13.6. The number of carbonyl (C=O) groups is 1. The highest BCUT2D eigenvalue weighted by Gasteiger charge is 2.19. The van der Waals surface area contributed by atoms with Gasteiger partial charge in [0.15, 0.2) is 0 Å². The number of thiophene rings is 1. The number of ether oxygens (including phenoxy) is 1. The summed E-state index contributed by atoms with van der Waals surface area (Å²) < 4.78 is 6.57. The number of esters is 1. The zero-order valence-electron chi connectivity index (χ0n) is 14.4. The third-order valence-electron chi connectivity index (χ3n) is 4.02. The minimum atomic E-state index is -0.487. The summed E-state index contributed by atoms with van der Waals surface area (Å²) in [6.07, 6.45) is 1.65. The third-order valence-corrected chi connectivity index (χ3v) is 5.93. The fourth-order valence-corrected chi connectivity index (χ4v) is 4.15. The Balaban J connectivity index is 1.60. The van der Waals surface area contributed by atoms with Crippen LogP contribution in [-0.2, 0) is 0 Å². The van der Waals surface area contributed by atoms with Crippen LogP contribution in [0.15, 0.2) is 77.8 Å². The fraction of sp³-hybridized carbons (Fsp3) is 0. The van der Waals surface area contributed by atoms with Crippen LogP contribution in [0.4, 0.5) is 5.69 Å². The van der Waals surface area contributed by atoms with Crippen LogP contribution in [0, 0.1) is 0 Å². The van der Waals surface area contributed by atoms with E-state index in [1.54, 1.807) is 30.5 Å². The van der Waals surface area contributed by atoms with E-state index in [2.05, 4.69) is 4.99 Å². The quantitative estimate of drug-likeness (QED) is 0.197. The molecule has 0 aliphatic rings. The first-order valence-corrected chi connectivity index (χ1v) is 9.97. The summed E-state index contributed by atoms with van der Waals surface area (Å²) in [6.45, 7) is 0. The molecule has 0 amide bonds. The van der Waals surface area contributed by atoms with Crippen molar-refractivity contribution in [3.05, 3.63) is 93.3 Å². The second kappa shape index (κ2) is 8.15. The number of carbonyl (C=O) groups excluding carboxylic acids is 1. The maximum absolute atomic E-state index is 12.7. The Hall–Kier alpha value is -2.66. The van der Waals surface area contributed by atoms with Gasteiger partial charge in [-0.3, -0.25) is 4.99 Å². The van der Waals surface area contributed by atoms with E-state index < -0.39 is 5.97 Å². The molecule has 0 aliphatic heterocycles. The van der Waals surface area contributed by atoms with Gasteiger partial charge >= 0.3 is 5.97 Å². The van der Waals surface area contributed by atoms with E-state index in [-0.39, 0.29) is 0 Å². The van der Waals surface area contributed by atoms with Crippen molar-refractivity contribution in [1.29, 1.82) is 0 Å². The third kappa shape index (κ3) is 3.94. The summed E-state index contributed by atoms with van der Waals surface area (Å²) >= 11 is 13.6. The molecule has 28 heavy (non-hydrogen) atoms. The highest BCUT2D eigenvalue weighted by molar-refractivity contribution is 7.21. The molecule has 6 heteroatoms. The van der Waals surface area contributed by atoms with Gasteiger partial charge in [-0.05, 0) is 42.5 Å². The normalized spacial score (nSPS) is 11.2. The number of benzene rings is 3. The van der Waals surface area contributed by atoms with E-state index in [1.807, 2.05) is 48.5 Å². The van der Waals surface area contributed by atoms with Crippen molar-refractivity contribution in [2.45, 2.75) is 0 Å². The van der Waals surface area contributed by atoms with Crippen LogP contribution in [-0.4, -0.2) is 12.2 Å². The van der Waals surface area contributed by atoms with Gasteiger partial charge < -0.3 is 4.74 Å². The topological polar surface area (TPSA) is 38.7 Å². The molecule has 4 aromatic rings. The number of nitrogens with zero attached hydrogens (tertiary/aromatic N) is 1. The zero-order chi connectivity index (χ0) is 19.5. The minimum Gasteiger partial charge on any atom is -0.422 e. The zero-order valence-corrected chi connectivity index (χ0v) is 16.8. The second-order valence-electron chi connectivity index (χ2n) is 5.90. The van der Waals surface area contributed by atoms with Crippen LogP contribution in [0.25, 0.3) is 10.1 Å². The summed E-state index contributed by atoms with van der Waals surface area (Å²) in [7, 11) is 0. The highest BCUT2D eigenvalue weighted by atomic mass is 35.5. The lowest BCUT2D eigenvalue weighted by molar-refractivity contribution is 0.0740. The van der Waals surface area contributed by atoms with Crippen LogP contribution in [0.3, 0.4) is 0 Å². The molecular formula is C22H13Cl2NO2S. The van der Waals surface area contributed by atoms with E-state index >= 15 is 0 Å². The number of rotatable bonds is 4. The molecule has 138 valence electrons. The van der Waals surface area contributed by atoms with Gasteiger partial charge in [-0.2, -0.15) is 0 Å². The van der Waals surface area contributed by atoms with Gasteiger partial charge in [-0.1, -0.05) is 53.5 Å². The Kier molecular flexibility index (Phi) is 5.44. The Bertz CT molecular complexity index is 1180. The fourth-order valence-electron chi connectivity index (χ4n) is 2.64. The molecule has 0 saturated heterocycles. The Morgan fingerprint density at radius 3 is 2.43 bits per heavy atom. The van der Waals surface area contributed by atoms with Crippen molar-refractivity contribution in [3.8, 4) is 5.75 Å². The molecule has 0 unspecified atom stereocenters. The van der Waals surface area contributed by atoms with Crippen LogP contribution in [0.1, 0.15) is 15.2 Å². The smallest absolute Gasteiger partial charge is 0.355 e. The SMILES string of the molecule is O=C(Oc1ccccc1C=Nc1ccc(Cl)cc1)c1sc2ccccc2c1Cl. The Morgan fingerprint density at radius 1 is 0.929 bits per heavy atom. The summed E-state index contributed by atoms with van der Waals surface area (Å²) in [5.41, 5.74) is 1.43. The lowest BCUT2D eigenvalue weighted by Gasteiger charge is -2.06. The molecule has 0 radical (unpaired) electrons. The van der Waals surface area contributed by atoms with Gasteiger partial charge in [0.1, 0.15) is 10.6 Å². The van der Waals surface area contributed by atoms with Crippen molar-refractivity contribution >= 4 is 62.5 Å². The van der Waals surface area contributed by atoms with E-state index in [0.29, 0.717) is 26.2 Å².